The molecule has 19 heavy (non-hydrogen) atoms. The average Bonchev–Trinajstić information content (AvgIpc) is 2.35. The van der Waals surface area contributed by atoms with Crippen molar-refractivity contribution in [1.82, 2.24) is 9.97 Å². The molecule has 0 radical (unpaired) electrons. The highest BCUT2D eigenvalue weighted by Crippen LogP contribution is 2.28. The van der Waals surface area contributed by atoms with Gasteiger partial charge in [-0.2, -0.15) is 0 Å². The fraction of sp³-hybridized carbons (Fsp3) is 0.286. The molecule has 1 N–H and O–H groups in total. The Morgan fingerprint density at radius 2 is 2.00 bits per heavy atom. The van der Waals surface area contributed by atoms with Crippen LogP contribution in [0.4, 0.5) is 10.2 Å². The zero-order valence-corrected chi connectivity index (χ0v) is 12.7. The zero-order chi connectivity index (χ0) is 14.0. The van der Waals surface area contributed by atoms with Crippen LogP contribution in [0.2, 0.25) is 0 Å². The van der Waals surface area contributed by atoms with Crippen molar-refractivity contribution in [3.63, 3.8) is 0 Å². The van der Waals surface area contributed by atoms with Crippen LogP contribution >= 0.6 is 15.9 Å². The van der Waals surface area contributed by atoms with Gasteiger partial charge in [-0.3, -0.25) is 0 Å². The Morgan fingerprint density at radius 3 is 2.63 bits per heavy atom. The number of rotatable bonds is 3. The van der Waals surface area contributed by atoms with Crippen molar-refractivity contribution in [3.05, 3.63) is 39.7 Å². The minimum Gasteiger partial charge on any atom is -0.370 e. The van der Waals surface area contributed by atoms with Gasteiger partial charge in [0.05, 0.1) is 0 Å². The van der Waals surface area contributed by atoms with Gasteiger partial charge in [0.15, 0.2) is 5.82 Å². The maximum Gasteiger partial charge on any atom is 0.162 e. The van der Waals surface area contributed by atoms with Crippen molar-refractivity contribution in [3.8, 4) is 11.4 Å². The molecule has 0 atom stereocenters. The van der Waals surface area contributed by atoms with E-state index in [1.165, 1.54) is 12.1 Å². The highest BCUT2D eigenvalue weighted by molar-refractivity contribution is 9.10. The summed E-state index contributed by atoms with van der Waals surface area (Å²) >= 11 is 3.35. The van der Waals surface area contributed by atoms with Gasteiger partial charge in [0, 0.05) is 27.8 Å². The van der Waals surface area contributed by atoms with E-state index in [-0.39, 0.29) is 5.82 Å². The van der Waals surface area contributed by atoms with Crippen molar-refractivity contribution < 1.29 is 4.39 Å². The fourth-order valence-corrected chi connectivity index (χ4v) is 2.29. The molecule has 0 saturated carbocycles. The summed E-state index contributed by atoms with van der Waals surface area (Å²) in [5, 5.41) is 3.22. The van der Waals surface area contributed by atoms with Crippen molar-refractivity contribution in [2.75, 3.05) is 11.9 Å². The molecule has 0 fully saturated rings. The molecular formula is C14H15BrFN3. The monoisotopic (exact) mass is 323 g/mol. The Kier molecular flexibility index (Phi) is 4.14. The summed E-state index contributed by atoms with van der Waals surface area (Å²) < 4.78 is 13.8. The number of aromatic nitrogens is 2. The number of benzene rings is 1. The molecule has 0 amide bonds. The molecular weight excluding hydrogens is 309 g/mol. The molecule has 1 heterocycles. The summed E-state index contributed by atoms with van der Waals surface area (Å²) in [6.45, 7) is 6.74. The van der Waals surface area contributed by atoms with E-state index in [9.17, 15) is 4.39 Å². The predicted octanol–water partition coefficient (Wildman–Crippen LogP) is 4.09. The van der Waals surface area contributed by atoms with Gasteiger partial charge in [-0.25, -0.2) is 14.4 Å². The van der Waals surface area contributed by atoms with Gasteiger partial charge >= 0.3 is 0 Å². The number of nitrogens with one attached hydrogen (secondary N) is 1. The first-order chi connectivity index (χ1) is 9.02. The molecule has 1 aromatic heterocycles. The molecule has 0 aliphatic rings. The lowest BCUT2D eigenvalue weighted by molar-refractivity contribution is 0.627. The maximum atomic E-state index is 13.1. The van der Waals surface area contributed by atoms with Crippen LogP contribution in [0, 0.1) is 19.7 Å². The Balaban J connectivity index is 2.56. The summed E-state index contributed by atoms with van der Waals surface area (Å²) in [5.74, 6) is 1.12. The van der Waals surface area contributed by atoms with E-state index in [0.717, 1.165) is 29.2 Å². The summed E-state index contributed by atoms with van der Waals surface area (Å²) in [7, 11) is 0. The first-order valence-electron chi connectivity index (χ1n) is 6.07. The Hall–Kier alpha value is -1.49. The molecule has 1 aromatic carbocycles. The van der Waals surface area contributed by atoms with E-state index in [1.807, 2.05) is 20.8 Å². The molecule has 0 spiro atoms. The van der Waals surface area contributed by atoms with Crippen LogP contribution in [-0.2, 0) is 0 Å². The number of anilines is 1. The van der Waals surface area contributed by atoms with Gasteiger partial charge in [-0.1, -0.05) is 0 Å². The Labute approximate surface area is 120 Å². The lowest BCUT2D eigenvalue weighted by atomic mass is 10.2. The number of hydrogen-bond donors (Lipinski definition) is 1. The molecule has 2 aromatic rings. The zero-order valence-electron chi connectivity index (χ0n) is 11.1. The van der Waals surface area contributed by atoms with Crippen molar-refractivity contribution >= 4 is 21.7 Å². The first kappa shape index (κ1) is 13.9. The Morgan fingerprint density at radius 1 is 1.26 bits per heavy atom. The quantitative estimate of drug-likeness (QED) is 0.924. The van der Waals surface area contributed by atoms with Gasteiger partial charge in [0.25, 0.3) is 0 Å². The molecule has 0 saturated heterocycles. The van der Waals surface area contributed by atoms with E-state index in [2.05, 4.69) is 31.2 Å². The number of halogens is 2. The molecule has 0 bridgehead atoms. The average molecular weight is 324 g/mol. The lowest BCUT2D eigenvalue weighted by Crippen LogP contribution is -2.06. The highest BCUT2D eigenvalue weighted by atomic mass is 79.9. The standard InChI is InChI=1S/C14H15BrFN3/c1-4-17-13-8(2)9(3)18-14(19-13)11-6-5-10(16)7-12(11)15/h5-7H,4H2,1-3H3,(H,17,18,19). The summed E-state index contributed by atoms with van der Waals surface area (Å²) in [6.07, 6.45) is 0. The molecule has 0 unspecified atom stereocenters. The Bertz CT molecular complexity index is 614. The molecule has 100 valence electrons. The topological polar surface area (TPSA) is 37.8 Å². The van der Waals surface area contributed by atoms with Gasteiger partial charge in [-0.15, -0.1) is 0 Å². The number of aryl methyl sites for hydroxylation is 1. The molecule has 2 rings (SSSR count). The summed E-state index contributed by atoms with van der Waals surface area (Å²) in [5.41, 5.74) is 2.73. The van der Waals surface area contributed by atoms with Gasteiger partial charge in [0.2, 0.25) is 0 Å². The minimum absolute atomic E-state index is 0.286. The van der Waals surface area contributed by atoms with Crippen LogP contribution in [0.5, 0.6) is 0 Å². The van der Waals surface area contributed by atoms with E-state index < -0.39 is 0 Å². The second kappa shape index (κ2) is 5.65. The smallest absolute Gasteiger partial charge is 0.162 e. The first-order valence-corrected chi connectivity index (χ1v) is 6.86. The third-order valence-electron chi connectivity index (χ3n) is 2.91. The third-order valence-corrected chi connectivity index (χ3v) is 3.56. The molecule has 3 nitrogen and oxygen atoms in total. The van der Waals surface area contributed by atoms with Crippen molar-refractivity contribution in [2.45, 2.75) is 20.8 Å². The largest absolute Gasteiger partial charge is 0.370 e. The van der Waals surface area contributed by atoms with E-state index in [4.69, 9.17) is 0 Å². The van der Waals surface area contributed by atoms with Crippen molar-refractivity contribution in [2.24, 2.45) is 0 Å². The summed E-state index contributed by atoms with van der Waals surface area (Å²) in [4.78, 5) is 8.98. The second-order valence-corrected chi connectivity index (χ2v) is 5.12. The van der Waals surface area contributed by atoms with E-state index >= 15 is 0 Å². The maximum absolute atomic E-state index is 13.1. The third kappa shape index (κ3) is 2.92. The van der Waals surface area contributed by atoms with Crippen LogP contribution in [0.3, 0.4) is 0 Å². The number of nitrogens with zero attached hydrogens (tertiary/aromatic N) is 2. The summed E-state index contributed by atoms with van der Waals surface area (Å²) in [6, 6.07) is 4.51. The number of hydrogen-bond acceptors (Lipinski definition) is 3. The van der Waals surface area contributed by atoms with E-state index in [1.54, 1.807) is 6.07 Å². The second-order valence-electron chi connectivity index (χ2n) is 4.26. The van der Waals surface area contributed by atoms with Crippen LogP contribution in [0.25, 0.3) is 11.4 Å². The fourth-order valence-electron chi connectivity index (χ4n) is 1.76. The predicted molar refractivity (Wildman–Crippen MR) is 78.8 cm³/mol. The normalized spacial score (nSPS) is 10.6. The lowest BCUT2D eigenvalue weighted by Gasteiger charge is -2.12. The van der Waals surface area contributed by atoms with Crippen molar-refractivity contribution in [1.29, 1.82) is 0 Å². The molecule has 0 aliphatic carbocycles. The van der Waals surface area contributed by atoms with E-state index in [0.29, 0.717) is 10.3 Å². The highest BCUT2D eigenvalue weighted by Gasteiger charge is 2.12. The molecule has 0 aliphatic heterocycles. The van der Waals surface area contributed by atoms with Crippen LogP contribution in [0.1, 0.15) is 18.2 Å². The van der Waals surface area contributed by atoms with Gasteiger partial charge in [0.1, 0.15) is 11.6 Å². The van der Waals surface area contributed by atoms with Crippen LogP contribution in [-0.4, -0.2) is 16.5 Å². The van der Waals surface area contributed by atoms with Gasteiger partial charge < -0.3 is 5.32 Å². The minimum atomic E-state index is -0.286. The van der Waals surface area contributed by atoms with Crippen LogP contribution in [0.15, 0.2) is 22.7 Å². The molecule has 5 heteroatoms. The SMILES string of the molecule is CCNc1nc(-c2ccc(F)cc2Br)nc(C)c1C. The van der Waals surface area contributed by atoms with Gasteiger partial charge in [-0.05, 0) is 54.9 Å². The van der Waals surface area contributed by atoms with Crippen LogP contribution < -0.4 is 5.32 Å².